The van der Waals surface area contributed by atoms with Crippen molar-refractivity contribution in [1.29, 1.82) is 0 Å². The summed E-state index contributed by atoms with van der Waals surface area (Å²) >= 11 is 0. The third-order valence-electron chi connectivity index (χ3n) is 3.92. The fourth-order valence-corrected chi connectivity index (χ4v) is 2.80. The molecule has 1 aliphatic heterocycles. The van der Waals surface area contributed by atoms with Crippen molar-refractivity contribution in [2.24, 2.45) is 0 Å². The molecule has 124 valence electrons. The Morgan fingerprint density at radius 2 is 2.22 bits per heavy atom. The van der Waals surface area contributed by atoms with E-state index in [2.05, 4.69) is 0 Å². The van der Waals surface area contributed by atoms with Crippen LogP contribution >= 0.6 is 0 Å². The molecule has 8 heteroatoms. The summed E-state index contributed by atoms with van der Waals surface area (Å²) in [6, 6.07) is 5.47. The van der Waals surface area contributed by atoms with Gasteiger partial charge in [0, 0.05) is 31.8 Å². The van der Waals surface area contributed by atoms with Crippen LogP contribution in [0.15, 0.2) is 24.3 Å². The van der Waals surface area contributed by atoms with Crippen LogP contribution < -0.4 is 0 Å². The number of carbonyl (C=O) groups excluding carboxylic acids is 1. The maximum atomic E-state index is 12.5. The fourth-order valence-electron chi connectivity index (χ4n) is 2.80. The van der Waals surface area contributed by atoms with Gasteiger partial charge >= 0.3 is 5.97 Å². The van der Waals surface area contributed by atoms with Crippen molar-refractivity contribution in [3.63, 3.8) is 0 Å². The minimum atomic E-state index is -0.972. The molecule has 2 rings (SSSR count). The number of carboxylic acids is 1. The standard InChI is InChI=1S/C15H18N2O6/c1-23-13-7-12(8-15(19)20)16(9-13)14(18)6-10-3-2-4-11(5-10)17(21)22/h2-5,12-13H,6-9H2,1H3,(H,19,20). The number of nitro groups is 1. The first-order valence-corrected chi connectivity index (χ1v) is 7.18. The monoisotopic (exact) mass is 322 g/mol. The Bertz CT molecular complexity index is 618. The highest BCUT2D eigenvalue weighted by Gasteiger charge is 2.36. The van der Waals surface area contributed by atoms with Crippen LogP contribution in [0.4, 0.5) is 5.69 Å². The second kappa shape index (κ2) is 7.19. The van der Waals surface area contributed by atoms with Crippen LogP contribution in [0.25, 0.3) is 0 Å². The molecule has 8 nitrogen and oxygen atoms in total. The van der Waals surface area contributed by atoms with E-state index in [0.29, 0.717) is 18.5 Å². The van der Waals surface area contributed by atoms with Gasteiger partial charge in [0.15, 0.2) is 0 Å². The molecule has 1 heterocycles. The van der Waals surface area contributed by atoms with Gasteiger partial charge in [-0.25, -0.2) is 0 Å². The second-order valence-corrected chi connectivity index (χ2v) is 5.49. The number of rotatable bonds is 6. The Hall–Kier alpha value is -2.48. The second-order valence-electron chi connectivity index (χ2n) is 5.49. The van der Waals surface area contributed by atoms with Gasteiger partial charge in [-0.3, -0.25) is 19.7 Å². The lowest BCUT2D eigenvalue weighted by Crippen LogP contribution is -2.38. The summed E-state index contributed by atoms with van der Waals surface area (Å²) in [5.41, 5.74) is 0.452. The average molecular weight is 322 g/mol. The number of nitro benzene ring substituents is 1. The summed E-state index contributed by atoms with van der Waals surface area (Å²) in [5, 5.41) is 19.7. The lowest BCUT2D eigenvalue weighted by Gasteiger charge is -2.23. The summed E-state index contributed by atoms with van der Waals surface area (Å²) < 4.78 is 5.23. The molecular formula is C15H18N2O6. The zero-order chi connectivity index (χ0) is 17.0. The van der Waals surface area contributed by atoms with Gasteiger partial charge in [-0.2, -0.15) is 0 Å². The van der Waals surface area contributed by atoms with E-state index in [4.69, 9.17) is 9.84 Å². The highest BCUT2D eigenvalue weighted by Crippen LogP contribution is 2.24. The average Bonchev–Trinajstić information content (AvgIpc) is 2.89. The highest BCUT2D eigenvalue weighted by molar-refractivity contribution is 5.80. The fraction of sp³-hybridized carbons (Fsp3) is 0.467. The van der Waals surface area contributed by atoms with Crippen LogP contribution in [0.3, 0.4) is 0 Å². The third kappa shape index (κ3) is 4.26. The predicted octanol–water partition coefficient (Wildman–Crippen LogP) is 1.23. The van der Waals surface area contributed by atoms with E-state index >= 15 is 0 Å². The predicted molar refractivity (Wildman–Crippen MR) is 80.0 cm³/mol. The summed E-state index contributed by atoms with van der Waals surface area (Å²) in [5.74, 6) is -1.23. The molecule has 1 aliphatic rings. The number of benzene rings is 1. The normalized spacial score (nSPS) is 20.5. The number of methoxy groups -OCH3 is 1. The molecule has 0 bridgehead atoms. The van der Waals surface area contributed by atoms with Crippen molar-refractivity contribution in [3.05, 3.63) is 39.9 Å². The minimum absolute atomic E-state index is 0.00572. The van der Waals surface area contributed by atoms with Crippen LogP contribution in [0.2, 0.25) is 0 Å². The molecule has 23 heavy (non-hydrogen) atoms. The summed E-state index contributed by atoms with van der Waals surface area (Å²) in [4.78, 5) is 35.2. The number of aliphatic carboxylic acids is 1. The number of ether oxygens (including phenoxy) is 1. The molecule has 1 N–H and O–H groups in total. The van der Waals surface area contributed by atoms with Gasteiger partial charge in [0.2, 0.25) is 5.91 Å². The Labute approximate surface area is 132 Å². The zero-order valence-corrected chi connectivity index (χ0v) is 12.7. The number of carbonyl (C=O) groups is 2. The van der Waals surface area contributed by atoms with Crippen LogP contribution in [0, 0.1) is 10.1 Å². The maximum absolute atomic E-state index is 12.5. The summed E-state index contributed by atoms with van der Waals surface area (Å²) in [7, 11) is 1.52. The number of hydrogen-bond donors (Lipinski definition) is 1. The maximum Gasteiger partial charge on any atom is 0.305 e. The van der Waals surface area contributed by atoms with E-state index in [0.717, 1.165) is 0 Å². The van der Waals surface area contributed by atoms with Crippen molar-refractivity contribution in [2.75, 3.05) is 13.7 Å². The molecule has 0 aliphatic carbocycles. The SMILES string of the molecule is COC1CC(CC(=O)O)N(C(=O)Cc2cccc([N+](=O)[O-])c2)C1. The number of carboxylic acid groups (broad SMARTS) is 1. The molecular weight excluding hydrogens is 304 g/mol. The molecule has 0 radical (unpaired) electrons. The van der Waals surface area contributed by atoms with Crippen molar-refractivity contribution >= 4 is 17.6 Å². The largest absolute Gasteiger partial charge is 0.481 e. The molecule has 1 fully saturated rings. The molecule has 1 amide bonds. The van der Waals surface area contributed by atoms with Crippen molar-refractivity contribution in [1.82, 2.24) is 4.90 Å². The number of amides is 1. The molecule has 0 aromatic heterocycles. The highest BCUT2D eigenvalue weighted by atomic mass is 16.6. The van der Waals surface area contributed by atoms with Gasteiger partial charge in [-0.05, 0) is 12.0 Å². The van der Waals surface area contributed by atoms with Crippen LogP contribution in [-0.2, 0) is 20.7 Å². The number of hydrogen-bond acceptors (Lipinski definition) is 5. The van der Waals surface area contributed by atoms with Crippen LogP contribution in [0.1, 0.15) is 18.4 Å². The van der Waals surface area contributed by atoms with Gasteiger partial charge in [0.05, 0.1) is 23.9 Å². The molecule has 1 aromatic rings. The van der Waals surface area contributed by atoms with E-state index < -0.39 is 16.9 Å². The first kappa shape index (κ1) is 16.9. The van der Waals surface area contributed by atoms with E-state index in [1.165, 1.54) is 30.2 Å². The van der Waals surface area contributed by atoms with E-state index in [1.54, 1.807) is 6.07 Å². The number of non-ortho nitro benzene ring substituents is 1. The minimum Gasteiger partial charge on any atom is -0.481 e. The molecule has 0 saturated carbocycles. The lowest BCUT2D eigenvalue weighted by molar-refractivity contribution is -0.384. The summed E-state index contributed by atoms with van der Waals surface area (Å²) in [6.07, 6.45) is 0.145. The van der Waals surface area contributed by atoms with Crippen molar-refractivity contribution in [3.8, 4) is 0 Å². The van der Waals surface area contributed by atoms with Crippen LogP contribution in [-0.4, -0.2) is 52.6 Å². The van der Waals surface area contributed by atoms with Crippen LogP contribution in [0.5, 0.6) is 0 Å². The zero-order valence-electron chi connectivity index (χ0n) is 12.7. The Morgan fingerprint density at radius 1 is 1.48 bits per heavy atom. The van der Waals surface area contributed by atoms with Gasteiger partial charge in [-0.15, -0.1) is 0 Å². The summed E-state index contributed by atoms with van der Waals surface area (Å²) in [6.45, 7) is 0.336. The molecule has 1 aromatic carbocycles. The Morgan fingerprint density at radius 3 is 2.83 bits per heavy atom. The molecule has 2 atom stereocenters. The van der Waals surface area contributed by atoms with E-state index in [-0.39, 0.29) is 30.5 Å². The number of likely N-dealkylation sites (tertiary alicyclic amines) is 1. The van der Waals surface area contributed by atoms with Gasteiger partial charge in [-0.1, -0.05) is 12.1 Å². The van der Waals surface area contributed by atoms with E-state index in [9.17, 15) is 19.7 Å². The van der Waals surface area contributed by atoms with Gasteiger partial charge in [0.1, 0.15) is 0 Å². The topological polar surface area (TPSA) is 110 Å². The number of nitrogens with zero attached hydrogens (tertiary/aromatic N) is 2. The first-order valence-electron chi connectivity index (χ1n) is 7.18. The lowest BCUT2D eigenvalue weighted by atomic mass is 10.1. The molecule has 1 saturated heterocycles. The first-order chi connectivity index (χ1) is 10.9. The van der Waals surface area contributed by atoms with E-state index in [1.807, 2.05) is 0 Å². The Balaban J connectivity index is 2.10. The quantitative estimate of drug-likeness (QED) is 0.623. The Kier molecular flexibility index (Phi) is 5.28. The third-order valence-corrected chi connectivity index (χ3v) is 3.92. The smallest absolute Gasteiger partial charge is 0.305 e. The van der Waals surface area contributed by atoms with Crippen molar-refractivity contribution in [2.45, 2.75) is 31.4 Å². The molecule has 0 spiro atoms. The van der Waals surface area contributed by atoms with Gasteiger partial charge < -0.3 is 14.7 Å². The van der Waals surface area contributed by atoms with Gasteiger partial charge in [0.25, 0.3) is 5.69 Å². The molecule has 2 unspecified atom stereocenters. The van der Waals surface area contributed by atoms with Crippen molar-refractivity contribution < 1.29 is 24.4 Å².